The van der Waals surface area contributed by atoms with Gasteiger partial charge < -0.3 is 4.74 Å². The van der Waals surface area contributed by atoms with Crippen molar-refractivity contribution in [3.8, 4) is 0 Å². The largest absolute Gasteiger partial charge is 0.377 e. The van der Waals surface area contributed by atoms with Crippen molar-refractivity contribution < 1.29 is 4.74 Å². The third-order valence-corrected chi connectivity index (χ3v) is 3.97. The third kappa shape index (κ3) is 1.63. The Kier molecular flexibility index (Phi) is 2.70. The molecule has 0 aromatic heterocycles. The number of ether oxygens (including phenoxy) is 1. The van der Waals surface area contributed by atoms with Gasteiger partial charge in [0.25, 0.3) is 0 Å². The monoisotopic (exact) mass is 194 g/mol. The van der Waals surface area contributed by atoms with Crippen molar-refractivity contribution >= 4 is 0 Å². The fourth-order valence-corrected chi connectivity index (χ4v) is 3.02. The van der Waals surface area contributed by atoms with Crippen LogP contribution in [0.3, 0.4) is 0 Å². The molecule has 1 heterocycles. The summed E-state index contributed by atoms with van der Waals surface area (Å²) in [7, 11) is 0. The van der Waals surface area contributed by atoms with Crippen LogP contribution in [0.25, 0.3) is 0 Å². The van der Waals surface area contributed by atoms with Crippen molar-refractivity contribution in [2.24, 2.45) is 23.7 Å². The summed E-state index contributed by atoms with van der Waals surface area (Å²) in [5, 5.41) is 0. The van der Waals surface area contributed by atoms with E-state index in [0.29, 0.717) is 17.9 Å². The van der Waals surface area contributed by atoms with E-state index in [2.05, 4.69) is 33.8 Å². The molecule has 1 saturated heterocycles. The van der Waals surface area contributed by atoms with E-state index in [1.165, 1.54) is 6.42 Å². The Morgan fingerprint density at radius 3 is 2.79 bits per heavy atom. The first-order chi connectivity index (χ1) is 6.59. The molecule has 0 aromatic carbocycles. The van der Waals surface area contributed by atoms with E-state index < -0.39 is 0 Å². The van der Waals surface area contributed by atoms with Gasteiger partial charge in [-0.05, 0) is 31.1 Å². The van der Waals surface area contributed by atoms with E-state index in [1.54, 1.807) is 5.57 Å². The molecule has 1 fully saturated rings. The van der Waals surface area contributed by atoms with E-state index in [-0.39, 0.29) is 0 Å². The molecule has 2 rings (SSSR count). The van der Waals surface area contributed by atoms with Crippen molar-refractivity contribution in [1.82, 2.24) is 0 Å². The fraction of sp³-hybridized carbons (Fsp3) is 0.846. The second-order valence-corrected chi connectivity index (χ2v) is 5.41. The molecule has 1 heteroatoms. The van der Waals surface area contributed by atoms with Gasteiger partial charge in [-0.25, -0.2) is 0 Å². The number of fused-ring (bicyclic) bond motifs is 2. The van der Waals surface area contributed by atoms with Crippen LogP contribution in [0.2, 0.25) is 0 Å². The molecule has 0 saturated carbocycles. The van der Waals surface area contributed by atoms with Gasteiger partial charge in [0.15, 0.2) is 0 Å². The highest BCUT2D eigenvalue weighted by Gasteiger charge is 2.38. The molecule has 0 spiro atoms. The Hall–Kier alpha value is -0.300. The Morgan fingerprint density at radius 1 is 1.43 bits per heavy atom. The second kappa shape index (κ2) is 3.69. The number of hydrogen-bond acceptors (Lipinski definition) is 1. The summed E-state index contributed by atoms with van der Waals surface area (Å²) in [4.78, 5) is 0. The fourth-order valence-electron chi connectivity index (χ4n) is 3.02. The summed E-state index contributed by atoms with van der Waals surface area (Å²) in [6, 6.07) is 0. The lowest BCUT2D eigenvalue weighted by Crippen LogP contribution is -2.42. The van der Waals surface area contributed by atoms with Crippen LogP contribution in [0.5, 0.6) is 0 Å². The Morgan fingerprint density at radius 2 is 2.14 bits per heavy atom. The van der Waals surface area contributed by atoms with Crippen molar-refractivity contribution in [1.29, 1.82) is 0 Å². The summed E-state index contributed by atoms with van der Waals surface area (Å²) in [6.45, 7) is 10.1. The Labute approximate surface area is 87.5 Å². The summed E-state index contributed by atoms with van der Waals surface area (Å²) in [6.07, 6.45) is 4.29. The number of hydrogen-bond donors (Lipinski definition) is 0. The van der Waals surface area contributed by atoms with E-state index in [9.17, 15) is 0 Å². The molecule has 0 aromatic rings. The molecular formula is C13H22O. The summed E-state index contributed by atoms with van der Waals surface area (Å²) < 4.78 is 6.01. The first-order valence-electron chi connectivity index (χ1n) is 5.89. The molecule has 0 radical (unpaired) electrons. The summed E-state index contributed by atoms with van der Waals surface area (Å²) in [5.41, 5.74) is 1.56. The van der Waals surface area contributed by atoms with Crippen LogP contribution in [0.15, 0.2) is 11.6 Å². The average Bonchev–Trinajstić information content (AvgIpc) is 2.14. The summed E-state index contributed by atoms with van der Waals surface area (Å²) in [5.74, 6) is 2.85. The van der Waals surface area contributed by atoms with E-state index >= 15 is 0 Å². The normalized spacial score (nSPS) is 42.5. The topological polar surface area (TPSA) is 9.23 Å². The maximum Gasteiger partial charge on any atom is 0.0663 e. The molecule has 2 bridgehead atoms. The zero-order valence-electron chi connectivity index (χ0n) is 9.79. The van der Waals surface area contributed by atoms with E-state index in [1.807, 2.05) is 0 Å². The van der Waals surface area contributed by atoms with Crippen molar-refractivity contribution in [3.63, 3.8) is 0 Å². The zero-order valence-corrected chi connectivity index (χ0v) is 9.79. The highest BCUT2D eigenvalue weighted by Crippen LogP contribution is 2.41. The number of rotatable bonds is 1. The molecule has 80 valence electrons. The van der Waals surface area contributed by atoms with Gasteiger partial charge in [0.05, 0.1) is 12.7 Å². The lowest BCUT2D eigenvalue weighted by Gasteiger charge is -2.44. The average molecular weight is 194 g/mol. The van der Waals surface area contributed by atoms with Gasteiger partial charge in [0.1, 0.15) is 0 Å². The lowest BCUT2D eigenvalue weighted by atomic mass is 9.70. The molecular weight excluding hydrogens is 172 g/mol. The highest BCUT2D eigenvalue weighted by atomic mass is 16.5. The van der Waals surface area contributed by atoms with Gasteiger partial charge in [-0.1, -0.05) is 32.4 Å². The van der Waals surface area contributed by atoms with Gasteiger partial charge >= 0.3 is 0 Å². The van der Waals surface area contributed by atoms with Crippen molar-refractivity contribution in [3.05, 3.63) is 11.6 Å². The molecule has 0 amide bonds. The van der Waals surface area contributed by atoms with Crippen LogP contribution >= 0.6 is 0 Å². The minimum atomic E-state index is 0.468. The van der Waals surface area contributed by atoms with Gasteiger partial charge in [-0.2, -0.15) is 0 Å². The first kappa shape index (κ1) is 10.2. The SMILES string of the molecule is CC1=C[C@@H](C)[C@@H]2CO[C@@H](C(C)C)[C@H]1C2. The molecule has 0 N–H and O–H groups in total. The van der Waals surface area contributed by atoms with Crippen LogP contribution < -0.4 is 0 Å². The first-order valence-corrected chi connectivity index (χ1v) is 5.89. The molecule has 2 aliphatic rings. The molecule has 4 atom stereocenters. The van der Waals surface area contributed by atoms with Crippen LogP contribution in [-0.2, 0) is 4.74 Å². The second-order valence-electron chi connectivity index (χ2n) is 5.41. The van der Waals surface area contributed by atoms with E-state index in [4.69, 9.17) is 4.74 Å². The van der Waals surface area contributed by atoms with Crippen LogP contribution in [0, 0.1) is 23.7 Å². The predicted octanol–water partition coefficient (Wildman–Crippen LogP) is 3.26. The van der Waals surface area contributed by atoms with Crippen molar-refractivity contribution in [2.75, 3.05) is 6.61 Å². The molecule has 1 aliphatic carbocycles. The minimum absolute atomic E-state index is 0.468. The predicted molar refractivity (Wildman–Crippen MR) is 59.1 cm³/mol. The van der Waals surface area contributed by atoms with Crippen LogP contribution in [-0.4, -0.2) is 12.7 Å². The minimum Gasteiger partial charge on any atom is -0.377 e. The Bertz CT molecular complexity index is 242. The van der Waals surface area contributed by atoms with E-state index in [0.717, 1.165) is 18.4 Å². The van der Waals surface area contributed by atoms with Crippen LogP contribution in [0.1, 0.15) is 34.1 Å². The molecule has 0 unspecified atom stereocenters. The van der Waals surface area contributed by atoms with Crippen LogP contribution in [0.4, 0.5) is 0 Å². The summed E-state index contributed by atoms with van der Waals surface area (Å²) >= 11 is 0. The van der Waals surface area contributed by atoms with Gasteiger partial charge in [-0.3, -0.25) is 0 Å². The zero-order chi connectivity index (χ0) is 10.3. The van der Waals surface area contributed by atoms with Gasteiger partial charge in [0, 0.05) is 5.92 Å². The smallest absolute Gasteiger partial charge is 0.0663 e. The quantitative estimate of drug-likeness (QED) is 0.582. The van der Waals surface area contributed by atoms with Crippen molar-refractivity contribution in [2.45, 2.75) is 40.2 Å². The van der Waals surface area contributed by atoms with Gasteiger partial charge in [0.2, 0.25) is 0 Å². The lowest BCUT2D eigenvalue weighted by molar-refractivity contribution is -0.0808. The van der Waals surface area contributed by atoms with Gasteiger partial charge in [-0.15, -0.1) is 0 Å². The highest BCUT2D eigenvalue weighted by molar-refractivity contribution is 5.14. The molecule has 1 aliphatic heterocycles. The maximum absolute atomic E-state index is 6.01. The maximum atomic E-state index is 6.01. The standard InChI is InChI=1S/C13H22O/c1-8(2)13-12-6-11(7-14-13)9(3)5-10(12)4/h5,8-9,11-13H,6-7H2,1-4H3/t9-,11+,12+,13+/m1/s1. The molecule has 1 nitrogen and oxygen atoms in total. The molecule has 14 heavy (non-hydrogen) atoms. The Balaban J connectivity index is 2.20. The third-order valence-electron chi connectivity index (χ3n) is 3.97. The number of allylic oxidation sites excluding steroid dienone is 1.